The molecule has 2 aliphatic heterocycles. The number of carbonyl (C=O) groups is 2. The highest BCUT2D eigenvalue weighted by Gasteiger charge is 2.64. The van der Waals surface area contributed by atoms with Crippen molar-refractivity contribution in [1.82, 2.24) is 4.90 Å². The summed E-state index contributed by atoms with van der Waals surface area (Å²) in [5, 5.41) is 14.1. The lowest BCUT2D eigenvalue weighted by atomic mass is 9.71. The molecule has 2 aliphatic rings. The number of nitro benzene ring substituents is 1. The number of amides is 1. The van der Waals surface area contributed by atoms with Gasteiger partial charge in [0.25, 0.3) is 5.69 Å². The fraction of sp³-hybridized carbons (Fsp3) is 0.217. The van der Waals surface area contributed by atoms with E-state index in [0.29, 0.717) is 16.8 Å². The zero-order valence-electron chi connectivity index (χ0n) is 16.9. The van der Waals surface area contributed by atoms with Crippen LogP contribution in [-0.4, -0.2) is 35.1 Å². The van der Waals surface area contributed by atoms with Crippen LogP contribution in [0.25, 0.3) is 0 Å². The second kappa shape index (κ2) is 7.10. The quantitative estimate of drug-likeness (QED) is 0.381. The van der Waals surface area contributed by atoms with E-state index >= 15 is 0 Å². The first-order chi connectivity index (χ1) is 15.3. The number of nitro groups is 1. The minimum absolute atomic E-state index is 0.0674. The van der Waals surface area contributed by atoms with Crippen molar-refractivity contribution in [3.63, 3.8) is 0 Å². The maximum atomic E-state index is 14.3. The lowest BCUT2D eigenvalue weighted by molar-refractivity contribution is -0.384. The van der Waals surface area contributed by atoms with Crippen LogP contribution in [0.4, 0.5) is 15.8 Å². The zero-order valence-corrected chi connectivity index (χ0v) is 16.9. The first-order valence-electron chi connectivity index (χ1n) is 9.99. The second-order valence-corrected chi connectivity index (χ2v) is 8.07. The number of ketones is 1. The van der Waals surface area contributed by atoms with Gasteiger partial charge in [-0.2, -0.15) is 0 Å². The van der Waals surface area contributed by atoms with Crippen molar-refractivity contribution in [1.29, 1.82) is 0 Å². The van der Waals surface area contributed by atoms with Crippen LogP contribution in [0, 0.1) is 21.8 Å². The summed E-state index contributed by atoms with van der Waals surface area (Å²) >= 11 is 0. The molecular weight excluding hydrogens is 417 g/mol. The van der Waals surface area contributed by atoms with E-state index < -0.39 is 39.8 Å². The molecule has 8 nitrogen and oxygen atoms in total. The van der Waals surface area contributed by atoms with Gasteiger partial charge in [-0.15, -0.1) is 0 Å². The van der Waals surface area contributed by atoms with Crippen molar-refractivity contribution in [3.8, 4) is 0 Å². The van der Waals surface area contributed by atoms with Gasteiger partial charge in [-0.3, -0.25) is 24.6 Å². The molecule has 5 rings (SSSR count). The number of hydrogen-bond acceptors (Lipinski definition) is 6. The SMILES string of the molecule is CN1C[C@@H](c2cccc([N+](=O)[O-])c2)[C@H](C(=O)c2ccco2)[C@]12C(=O)Nc1ccc(F)cc12. The van der Waals surface area contributed by atoms with E-state index in [1.54, 1.807) is 30.1 Å². The van der Waals surface area contributed by atoms with Crippen LogP contribution in [0.2, 0.25) is 0 Å². The van der Waals surface area contributed by atoms with E-state index in [1.165, 1.54) is 42.7 Å². The predicted molar refractivity (Wildman–Crippen MR) is 112 cm³/mol. The van der Waals surface area contributed by atoms with E-state index in [-0.39, 0.29) is 18.0 Å². The summed E-state index contributed by atoms with van der Waals surface area (Å²) in [5.41, 5.74) is -0.262. The minimum Gasteiger partial charge on any atom is -0.461 e. The Morgan fingerprint density at radius 3 is 2.78 bits per heavy atom. The summed E-state index contributed by atoms with van der Waals surface area (Å²) in [6.45, 7) is 0.252. The summed E-state index contributed by atoms with van der Waals surface area (Å²) < 4.78 is 19.6. The molecule has 3 atom stereocenters. The van der Waals surface area contributed by atoms with Crippen LogP contribution in [0.5, 0.6) is 0 Å². The zero-order chi connectivity index (χ0) is 22.6. The Labute approximate surface area is 181 Å². The molecule has 162 valence electrons. The summed E-state index contributed by atoms with van der Waals surface area (Å²) in [5.74, 6) is -2.91. The average Bonchev–Trinajstić information content (AvgIpc) is 3.47. The highest BCUT2D eigenvalue weighted by molar-refractivity contribution is 6.11. The molecule has 0 saturated carbocycles. The summed E-state index contributed by atoms with van der Waals surface area (Å²) in [4.78, 5) is 39.7. The lowest BCUT2D eigenvalue weighted by Crippen LogP contribution is -2.51. The maximum absolute atomic E-state index is 14.3. The number of rotatable bonds is 4. The van der Waals surface area contributed by atoms with E-state index in [0.717, 1.165) is 0 Å². The Kier molecular flexibility index (Phi) is 4.45. The number of Topliss-reactive ketones (excluding diaryl/α,β-unsaturated/α-hetero) is 1. The van der Waals surface area contributed by atoms with Crippen LogP contribution in [0.15, 0.2) is 65.3 Å². The van der Waals surface area contributed by atoms with Crippen LogP contribution < -0.4 is 5.32 Å². The average molecular weight is 435 g/mol. The normalized spacial score (nSPS) is 24.5. The van der Waals surface area contributed by atoms with Crippen molar-refractivity contribution in [2.75, 3.05) is 18.9 Å². The fourth-order valence-corrected chi connectivity index (χ4v) is 5.15. The molecule has 1 spiro atoms. The van der Waals surface area contributed by atoms with Crippen molar-refractivity contribution < 1.29 is 23.3 Å². The number of nitrogens with one attached hydrogen (secondary N) is 1. The number of hydrogen-bond donors (Lipinski definition) is 1. The Bertz CT molecular complexity index is 1260. The molecule has 1 saturated heterocycles. The molecule has 9 heteroatoms. The Hall–Kier alpha value is -3.85. The highest BCUT2D eigenvalue weighted by Crippen LogP contribution is 2.55. The van der Waals surface area contributed by atoms with Gasteiger partial charge in [0, 0.05) is 35.8 Å². The topological polar surface area (TPSA) is 106 Å². The molecule has 0 bridgehead atoms. The van der Waals surface area contributed by atoms with Crippen molar-refractivity contribution >= 4 is 23.1 Å². The molecule has 1 N–H and O–H groups in total. The maximum Gasteiger partial charge on any atom is 0.269 e. The smallest absolute Gasteiger partial charge is 0.269 e. The second-order valence-electron chi connectivity index (χ2n) is 8.07. The third-order valence-corrected chi connectivity index (χ3v) is 6.47. The van der Waals surface area contributed by atoms with Crippen LogP contribution >= 0.6 is 0 Å². The summed E-state index contributed by atoms with van der Waals surface area (Å²) in [7, 11) is 1.69. The van der Waals surface area contributed by atoms with Gasteiger partial charge in [-0.25, -0.2) is 4.39 Å². The number of non-ortho nitro benzene ring substituents is 1. The van der Waals surface area contributed by atoms with Gasteiger partial charge < -0.3 is 9.73 Å². The number of halogens is 1. The number of furan rings is 1. The van der Waals surface area contributed by atoms with Gasteiger partial charge in [-0.05, 0) is 42.9 Å². The first kappa shape index (κ1) is 20.1. The number of nitrogens with zero attached hydrogens (tertiary/aromatic N) is 2. The van der Waals surface area contributed by atoms with Crippen LogP contribution in [-0.2, 0) is 10.3 Å². The largest absolute Gasteiger partial charge is 0.461 e. The van der Waals surface area contributed by atoms with Gasteiger partial charge in [0.05, 0.1) is 17.1 Å². The van der Waals surface area contributed by atoms with Crippen LogP contribution in [0.3, 0.4) is 0 Å². The molecule has 3 aromatic rings. The molecule has 1 aromatic heterocycles. The molecule has 0 aliphatic carbocycles. The third-order valence-electron chi connectivity index (χ3n) is 6.47. The lowest BCUT2D eigenvalue weighted by Gasteiger charge is -2.35. The number of likely N-dealkylation sites (N-methyl/N-ethyl adjacent to an activating group) is 1. The van der Waals surface area contributed by atoms with Crippen molar-refractivity contribution in [2.24, 2.45) is 5.92 Å². The van der Waals surface area contributed by atoms with Gasteiger partial charge in [0.2, 0.25) is 11.7 Å². The summed E-state index contributed by atoms with van der Waals surface area (Å²) in [6, 6.07) is 13.1. The molecule has 2 aromatic carbocycles. The van der Waals surface area contributed by atoms with Gasteiger partial charge in [0.1, 0.15) is 11.4 Å². The number of fused-ring (bicyclic) bond motifs is 2. The fourth-order valence-electron chi connectivity index (χ4n) is 5.15. The summed E-state index contributed by atoms with van der Waals surface area (Å²) in [6.07, 6.45) is 1.36. The number of likely N-dealkylation sites (tertiary alicyclic amines) is 1. The van der Waals surface area contributed by atoms with Gasteiger partial charge in [-0.1, -0.05) is 12.1 Å². The Morgan fingerprint density at radius 2 is 2.06 bits per heavy atom. The van der Waals surface area contributed by atoms with E-state index in [4.69, 9.17) is 4.42 Å². The number of benzene rings is 2. The van der Waals surface area contributed by atoms with E-state index in [9.17, 15) is 24.1 Å². The van der Waals surface area contributed by atoms with E-state index in [2.05, 4.69) is 5.32 Å². The molecule has 0 radical (unpaired) electrons. The van der Waals surface area contributed by atoms with Crippen LogP contribution in [0.1, 0.15) is 27.6 Å². The molecular formula is C23H18FN3O5. The standard InChI is InChI=1S/C23H18FN3O5/c1-26-12-16(13-4-2-5-15(10-13)27(30)31)20(21(28)19-6-3-9-32-19)23(26)17-11-14(24)7-8-18(17)25-22(23)29/h2-11,16,20H,12H2,1H3,(H,25,29)/t16-,20+,23+/m0/s1. The molecule has 1 fully saturated rings. The first-order valence-corrected chi connectivity index (χ1v) is 9.99. The monoisotopic (exact) mass is 435 g/mol. The van der Waals surface area contributed by atoms with E-state index in [1.807, 2.05) is 0 Å². The predicted octanol–water partition coefficient (Wildman–Crippen LogP) is 3.70. The minimum atomic E-state index is -1.49. The van der Waals surface area contributed by atoms with Crippen molar-refractivity contribution in [3.05, 3.63) is 93.7 Å². The number of carbonyl (C=O) groups excluding carboxylic acids is 2. The molecule has 3 heterocycles. The highest BCUT2D eigenvalue weighted by atomic mass is 19.1. The molecule has 1 amide bonds. The van der Waals surface area contributed by atoms with Crippen molar-refractivity contribution in [2.45, 2.75) is 11.5 Å². The molecule has 32 heavy (non-hydrogen) atoms. The third kappa shape index (κ3) is 2.71. The van der Waals surface area contributed by atoms with Gasteiger partial charge >= 0.3 is 0 Å². The number of anilines is 1. The Balaban J connectivity index is 1.74. The van der Waals surface area contributed by atoms with Gasteiger partial charge in [0.15, 0.2) is 5.76 Å². The molecule has 0 unspecified atom stereocenters. The Morgan fingerprint density at radius 1 is 1.25 bits per heavy atom.